The van der Waals surface area contributed by atoms with Crippen LogP contribution < -0.4 is 10.1 Å². The molecule has 0 radical (unpaired) electrons. The lowest BCUT2D eigenvalue weighted by Crippen LogP contribution is -2.53. The van der Waals surface area contributed by atoms with Gasteiger partial charge in [-0.1, -0.05) is 0 Å². The summed E-state index contributed by atoms with van der Waals surface area (Å²) in [5.74, 6) is 0.638. The number of sulfonamides is 1. The second kappa shape index (κ2) is 9.50. The maximum Gasteiger partial charge on any atom is 0.243 e. The Morgan fingerprint density at radius 2 is 1.81 bits per heavy atom. The van der Waals surface area contributed by atoms with E-state index in [0.717, 1.165) is 19.5 Å². The van der Waals surface area contributed by atoms with E-state index in [-0.39, 0.29) is 4.90 Å². The lowest BCUT2D eigenvalue weighted by molar-refractivity contribution is 0.263. The van der Waals surface area contributed by atoms with E-state index in [2.05, 4.69) is 10.2 Å². The number of ether oxygens (including phenoxy) is 1. The molecule has 0 bridgehead atoms. The van der Waals surface area contributed by atoms with Crippen molar-refractivity contribution in [2.75, 3.05) is 60.5 Å². The highest BCUT2D eigenvalue weighted by molar-refractivity contribution is 7.89. The molecular weight excluding hydrogens is 372 g/mol. The Hall–Kier alpha value is -1.42. The van der Waals surface area contributed by atoms with Crippen LogP contribution in [0.4, 0.5) is 0 Å². The van der Waals surface area contributed by atoms with Crippen molar-refractivity contribution in [3.63, 3.8) is 0 Å². The Labute approximate surface area is 162 Å². The Morgan fingerprint density at radius 3 is 2.35 bits per heavy atom. The zero-order chi connectivity index (χ0) is 19.2. The quantitative estimate of drug-likeness (QED) is 0.537. The van der Waals surface area contributed by atoms with Gasteiger partial charge < -0.3 is 19.9 Å². The van der Waals surface area contributed by atoms with Gasteiger partial charge in [0.25, 0.3) is 0 Å². The number of nitrogens with zero attached hydrogens (tertiary/aromatic N) is 3. The molecule has 2 rings (SSSR count). The average molecular weight is 401 g/mol. The van der Waals surface area contributed by atoms with Crippen molar-refractivity contribution in [3.05, 3.63) is 24.3 Å². The highest BCUT2D eigenvalue weighted by Gasteiger charge is 2.29. The van der Waals surface area contributed by atoms with E-state index in [9.17, 15) is 8.42 Å². The molecule has 7 nitrogen and oxygen atoms in total. The van der Waals surface area contributed by atoms with Gasteiger partial charge in [-0.25, -0.2) is 8.42 Å². The van der Waals surface area contributed by atoms with E-state index >= 15 is 0 Å². The van der Waals surface area contributed by atoms with Gasteiger partial charge in [0.2, 0.25) is 10.0 Å². The fourth-order valence-electron chi connectivity index (χ4n) is 2.73. The second-order valence-corrected chi connectivity index (χ2v) is 8.78. The molecule has 146 valence electrons. The summed E-state index contributed by atoms with van der Waals surface area (Å²) in [4.78, 5) is 4.45. The van der Waals surface area contributed by atoms with Crippen LogP contribution in [-0.2, 0) is 10.0 Å². The van der Waals surface area contributed by atoms with Gasteiger partial charge in [-0.15, -0.1) is 0 Å². The maximum absolute atomic E-state index is 12.8. The Morgan fingerprint density at radius 1 is 1.19 bits per heavy atom. The summed E-state index contributed by atoms with van der Waals surface area (Å²) in [5.41, 5.74) is 0. The summed E-state index contributed by atoms with van der Waals surface area (Å²) in [5, 5.41) is 3.95. The van der Waals surface area contributed by atoms with Gasteiger partial charge in [-0.3, -0.25) is 0 Å². The number of hydrogen-bond acceptors (Lipinski definition) is 5. The Balaban J connectivity index is 1.85. The van der Waals surface area contributed by atoms with Gasteiger partial charge in [0, 0.05) is 32.7 Å². The lowest BCUT2D eigenvalue weighted by Gasteiger charge is -2.35. The van der Waals surface area contributed by atoms with Gasteiger partial charge in [0.15, 0.2) is 5.11 Å². The topological polar surface area (TPSA) is 65.1 Å². The summed E-state index contributed by atoms with van der Waals surface area (Å²) in [6.45, 7) is 3.86. The van der Waals surface area contributed by atoms with Gasteiger partial charge in [-0.2, -0.15) is 4.31 Å². The monoisotopic (exact) mass is 400 g/mol. The third kappa shape index (κ3) is 5.54. The van der Waals surface area contributed by atoms with Crippen molar-refractivity contribution in [2.45, 2.75) is 11.3 Å². The molecule has 9 heteroatoms. The van der Waals surface area contributed by atoms with Crippen LogP contribution in [0.15, 0.2) is 29.2 Å². The van der Waals surface area contributed by atoms with Crippen LogP contribution in [0.3, 0.4) is 0 Å². The molecule has 1 fully saturated rings. The summed E-state index contributed by atoms with van der Waals surface area (Å²) < 4.78 is 32.1. The van der Waals surface area contributed by atoms with E-state index in [1.807, 2.05) is 19.0 Å². The number of nitrogens with one attached hydrogen (secondary N) is 1. The SMILES string of the molecule is COc1ccc(S(=O)(=O)N2CCN(C(=S)NCCCN(C)C)CC2)cc1. The van der Waals surface area contributed by atoms with Gasteiger partial charge in [0.1, 0.15) is 5.75 Å². The minimum atomic E-state index is -3.48. The normalized spacial score (nSPS) is 15.9. The van der Waals surface area contributed by atoms with Crippen LogP contribution >= 0.6 is 12.2 Å². The molecule has 1 aromatic rings. The van der Waals surface area contributed by atoms with E-state index < -0.39 is 10.0 Å². The van der Waals surface area contributed by atoms with Crippen molar-refractivity contribution < 1.29 is 13.2 Å². The third-order valence-electron chi connectivity index (χ3n) is 4.28. The number of methoxy groups -OCH3 is 1. The highest BCUT2D eigenvalue weighted by atomic mass is 32.2. The molecule has 1 aromatic carbocycles. The fraction of sp³-hybridized carbons (Fsp3) is 0.588. The molecule has 0 aliphatic carbocycles. The smallest absolute Gasteiger partial charge is 0.243 e. The second-order valence-electron chi connectivity index (χ2n) is 6.46. The Kier molecular flexibility index (Phi) is 7.63. The van der Waals surface area contributed by atoms with E-state index in [1.165, 1.54) is 4.31 Å². The van der Waals surface area contributed by atoms with Crippen molar-refractivity contribution in [2.24, 2.45) is 0 Å². The number of hydrogen-bond donors (Lipinski definition) is 1. The van der Waals surface area contributed by atoms with Crippen LogP contribution in [-0.4, -0.2) is 88.1 Å². The minimum absolute atomic E-state index is 0.288. The minimum Gasteiger partial charge on any atom is -0.497 e. The molecule has 1 saturated heterocycles. The predicted octanol–water partition coefficient (Wildman–Crippen LogP) is 0.828. The highest BCUT2D eigenvalue weighted by Crippen LogP contribution is 2.20. The average Bonchev–Trinajstić information content (AvgIpc) is 2.65. The van der Waals surface area contributed by atoms with Gasteiger partial charge in [-0.05, 0) is 63.5 Å². The zero-order valence-corrected chi connectivity index (χ0v) is 17.3. The van der Waals surface area contributed by atoms with Crippen molar-refractivity contribution in [1.29, 1.82) is 0 Å². The van der Waals surface area contributed by atoms with Gasteiger partial charge in [0.05, 0.1) is 12.0 Å². The first-order valence-corrected chi connectivity index (χ1v) is 10.5. The van der Waals surface area contributed by atoms with Crippen LogP contribution in [0.5, 0.6) is 5.75 Å². The molecule has 0 spiro atoms. The lowest BCUT2D eigenvalue weighted by atomic mass is 10.3. The number of rotatable bonds is 7. The van der Waals surface area contributed by atoms with E-state index in [1.54, 1.807) is 31.4 Å². The summed E-state index contributed by atoms with van der Waals surface area (Å²) in [7, 11) is 2.16. The molecule has 1 aliphatic rings. The molecule has 26 heavy (non-hydrogen) atoms. The first kappa shape index (κ1) is 20.9. The largest absolute Gasteiger partial charge is 0.497 e. The number of benzene rings is 1. The first-order valence-electron chi connectivity index (χ1n) is 8.66. The molecule has 0 unspecified atom stereocenters. The summed E-state index contributed by atoms with van der Waals surface area (Å²) in [6.07, 6.45) is 1.01. The third-order valence-corrected chi connectivity index (χ3v) is 6.60. The number of thiocarbonyl (C=S) groups is 1. The molecule has 0 atom stereocenters. The van der Waals surface area contributed by atoms with Crippen LogP contribution in [0, 0.1) is 0 Å². The van der Waals surface area contributed by atoms with Crippen LogP contribution in [0.2, 0.25) is 0 Å². The van der Waals surface area contributed by atoms with E-state index in [4.69, 9.17) is 17.0 Å². The maximum atomic E-state index is 12.8. The molecule has 0 aromatic heterocycles. The molecular formula is C17H28N4O3S2. The Bertz CT molecular complexity index is 684. The summed E-state index contributed by atoms with van der Waals surface area (Å²) >= 11 is 5.43. The van der Waals surface area contributed by atoms with E-state index in [0.29, 0.717) is 37.0 Å². The molecule has 0 saturated carbocycles. The zero-order valence-electron chi connectivity index (χ0n) is 15.6. The van der Waals surface area contributed by atoms with Crippen LogP contribution in [0.25, 0.3) is 0 Å². The molecule has 1 heterocycles. The number of piperazine rings is 1. The molecule has 1 N–H and O–H groups in total. The van der Waals surface area contributed by atoms with Gasteiger partial charge >= 0.3 is 0 Å². The fourth-order valence-corrected chi connectivity index (χ4v) is 4.44. The van der Waals surface area contributed by atoms with Crippen molar-refractivity contribution in [1.82, 2.24) is 19.4 Å². The first-order chi connectivity index (χ1) is 12.3. The molecule has 0 amide bonds. The van der Waals surface area contributed by atoms with Crippen molar-refractivity contribution in [3.8, 4) is 5.75 Å². The standard InChI is InChI=1S/C17H28N4O3S2/c1-19(2)10-4-9-18-17(25)20-11-13-21(14-12-20)26(22,23)16-7-5-15(24-3)6-8-16/h5-8H,4,9-14H2,1-3H3,(H,18,25). The van der Waals surface area contributed by atoms with Crippen molar-refractivity contribution >= 4 is 27.4 Å². The summed E-state index contributed by atoms with van der Waals surface area (Å²) in [6, 6.07) is 6.49. The predicted molar refractivity (Wildman–Crippen MR) is 107 cm³/mol. The van der Waals surface area contributed by atoms with Crippen LogP contribution in [0.1, 0.15) is 6.42 Å². The molecule has 1 aliphatic heterocycles.